The highest BCUT2D eigenvalue weighted by Gasteiger charge is 2.10. The Morgan fingerprint density at radius 2 is 1.86 bits per heavy atom. The largest absolute Gasteiger partial charge is 0.372 e. The molecule has 1 aromatic carbocycles. The van der Waals surface area contributed by atoms with Gasteiger partial charge in [0.2, 0.25) is 0 Å². The quantitative estimate of drug-likeness (QED) is 0.913. The van der Waals surface area contributed by atoms with Crippen molar-refractivity contribution in [1.82, 2.24) is 4.98 Å². The smallest absolute Gasteiger partial charge is 0.255 e. The van der Waals surface area contributed by atoms with Crippen LogP contribution in [0.3, 0.4) is 0 Å². The number of anilines is 2. The lowest BCUT2D eigenvalue weighted by atomic mass is 10.1. The summed E-state index contributed by atoms with van der Waals surface area (Å²) in [6.45, 7) is 10.1. The molecular weight excluding hydrogens is 274 g/mol. The second kappa shape index (κ2) is 7.07. The van der Waals surface area contributed by atoms with E-state index in [1.54, 1.807) is 18.3 Å². The monoisotopic (exact) mass is 297 g/mol. The molecule has 2 aromatic rings. The van der Waals surface area contributed by atoms with Crippen LogP contribution in [0.4, 0.5) is 11.4 Å². The highest BCUT2D eigenvalue weighted by atomic mass is 16.1. The van der Waals surface area contributed by atoms with Crippen molar-refractivity contribution in [2.45, 2.75) is 27.7 Å². The van der Waals surface area contributed by atoms with Crippen molar-refractivity contribution in [2.24, 2.45) is 0 Å². The van der Waals surface area contributed by atoms with Crippen LogP contribution in [-0.4, -0.2) is 24.0 Å². The highest BCUT2D eigenvalue weighted by Crippen LogP contribution is 2.23. The first-order chi connectivity index (χ1) is 10.5. The molecule has 0 unspecified atom stereocenters. The number of amides is 1. The van der Waals surface area contributed by atoms with Crippen LogP contribution in [-0.2, 0) is 0 Å². The number of nitrogens with zero attached hydrogens (tertiary/aromatic N) is 2. The van der Waals surface area contributed by atoms with E-state index in [0.29, 0.717) is 5.56 Å². The van der Waals surface area contributed by atoms with Crippen molar-refractivity contribution in [2.75, 3.05) is 23.3 Å². The predicted molar refractivity (Wildman–Crippen MR) is 91.7 cm³/mol. The van der Waals surface area contributed by atoms with E-state index in [1.165, 1.54) is 5.69 Å². The summed E-state index contributed by atoms with van der Waals surface area (Å²) in [5, 5.41) is 2.97. The number of carbonyl (C=O) groups is 1. The highest BCUT2D eigenvalue weighted by molar-refractivity contribution is 6.04. The summed E-state index contributed by atoms with van der Waals surface area (Å²) < 4.78 is 0. The Morgan fingerprint density at radius 3 is 2.45 bits per heavy atom. The van der Waals surface area contributed by atoms with Gasteiger partial charge in [-0.05, 0) is 63.6 Å². The second-order valence-corrected chi connectivity index (χ2v) is 5.31. The summed E-state index contributed by atoms with van der Waals surface area (Å²) in [6.07, 6.45) is 1.65. The minimum Gasteiger partial charge on any atom is -0.372 e. The van der Waals surface area contributed by atoms with Gasteiger partial charge in [0.25, 0.3) is 5.91 Å². The predicted octanol–water partition coefficient (Wildman–Crippen LogP) is 3.80. The Morgan fingerprint density at radius 1 is 1.14 bits per heavy atom. The number of hydrogen-bond donors (Lipinski definition) is 1. The standard InChI is InChI=1S/C18H23N3O/c1-5-21(6-2)16-7-8-17(13(3)11-16)20-18(22)15-9-10-19-14(4)12-15/h7-12H,5-6H2,1-4H3,(H,20,22). The third kappa shape index (κ3) is 3.64. The van der Waals surface area contributed by atoms with Gasteiger partial charge in [-0.2, -0.15) is 0 Å². The van der Waals surface area contributed by atoms with E-state index in [9.17, 15) is 4.79 Å². The Balaban J connectivity index is 2.18. The summed E-state index contributed by atoms with van der Waals surface area (Å²) in [7, 11) is 0. The van der Waals surface area contributed by atoms with Crippen LogP contribution in [0.5, 0.6) is 0 Å². The maximum absolute atomic E-state index is 12.3. The fourth-order valence-corrected chi connectivity index (χ4v) is 2.45. The molecule has 0 saturated carbocycles. The number of nitrogens with one attached hydrogen (secondary N) is 1. The molecule has 1 N–H and O–H groups in total. The van der Waals surface area contributed by atoms with Gasteiger partial charge in [0, 0.05) is 41.9 Å². The molecule has 0 radical (unpaired) electrons. The number of hydrogen-bond acceptors (Lipinski definition) is 3. The normalized spacial score (nSPS) is 10.4. The molecule has 0 saturated heterocycles. The van der Waals surface area contributed by atoms with Gasteiger partial charge in [-0.3, -0.25) is 9.78 Å². The minimum absolute atomic E-state index is 0.107. The first-order valence-electron chi connectivity index (χ1n) is 7.64. The topological polar surface area (TPSA) is 45.2 Å². The van der Waals surface area contributed by atoms with Crippen molar-refractivity contribution in [3.05, 3.63) is 53.3 Å². The van der Waals surface area contributed by atoms with Gasteiger partial charge >= 0.3 is 0 Å². The zero-order chi connectivity index (χ0) is 16.1. The van der Waals surface area contributed by atoms with Gasteiger partial charge in [0.05, 0.1) is 0 Å². The van der Waals surface area contributed by atoms with E-state index in [2.05, 4.69) is 35.1 Å². The van der Waals surface area contributed by atoms with E-state index in [0.717, 1.165) is 30.0 Å². The maximum Gasteiger partial charge on any atom is 0.255 e. The van der Waals surface area contributed by atoms with Crippen LogP contribution in [0.25, 0.3) is 0 Å². The summed E-state index contributed by atoms with van der Waals surface area (Å²) in [4.78, 5) is 18.7. The van der Waals surface area contributed by atoms with E-state index in [4.69, 9.17) is 0 Å². The average Bonchev–Trinajstić information content (AvgIpc) is 2.51. The molecule has 116 valence electrons. The molecular formula is C18H23N3O. The fraction of sp³-hybridized carbons (Fsp3) is 0.333. The maximum atomic E-state index is 12.3. The minimum atomic E-state index is -0.107. The average molecular weight is 297 g/mol. The Hall–Kier alpha value is -2.36. The molecule has 0 aliphatic carbocycles. The van der Waals surface area contributed by atoms with E-state index >= 15 is 0 Å². The summed E-state index contributed by atoms with van der Waals surface area (Å²) in [6, 6.07) is 9.64. The van der Waals surface area contributed by atoms with Gasteiger partial charge in [0.15, 0.2) is 0 Å². The molecule has 4 nitrogen and oxygen atoms in total. The number of aromatic nitrogens is 1. The molecule has 1 heterocycles. The van der Waals surface area contributed by atoms with Crippen molar-refractivity contribution in [3.8, 4) is 0 Å². The third-order valence-electron chi connectivity index (χ3n) is 3.75. The zero-order valence-corrected chi connectivity index (χ0v) is 13.7. The van der Waals surface area contributed by atoms with Crippen LogP contribution >= 0.6 is 0 Å². The summed E-state index contributed by atoms with van der Waals surface area (Å²) in [5.41, 5.74) is 4.54. The molecule has 0 aliphatic heterocycles. The second-order valence-electron chi connectivity index (χ2n) is 5.31. The molecule has 0 atom stereocenters. The molecule has 4 heteroatoms. The fourth-order valence-electron chi connectivity index (χ4n) is 2.45. The molecule has 2 rings (SSSR count). The number of aryl methyl sites for hydroxylation is 2. The SMILES string of the molecule is CCN(CC)c1ccc(NC(=O)c2ccnc(C)c2)c(C)c1. The van der Waals surface area contributed by atoms with Crippen molar-refractivity contribution < 1.29 is 4.79 Å². The molecule has 22 heavy (non-hydrogen) atoms. The van der Waals surface area contributed by atoms with Crippen molar-refractivity contribution >= 4 is 17.3 Å². The first-order valence-corrected chi connectivity index (χ1v) is 7.64. The van der Waals surface area contributed by atoms with E-state index in [-0.39, 0.29) is 5.91 Å². The Kier molecular flexibility index (Phi) is 5.15. The van der Waals surface area contributed by atoms with Crippen molar-refractivity contribution in [1.29, 1.82) is 0 Å². The Bertz CT molecular complexity index is 663. The molecule has 0 spiro atoms. The van der Waals surface area contributed by atoms with E-state index < -0.39 is 0 Å². The van der Waals surface area contributed by atoms with Gasteiger partial charge in [0.1, 0.15) is 0 Å². The molecule has 0 bridgehead atoms. The molecule has 0 aliphatic rings. The van der Waals surface area contributed by atoms with Crippen LogP contribution in [0.1, 0.15) is 35.5 Å². The van der Waals surface area contributed by atoms with Crippen LogP contribution < -0.4 is 10.2 Å². The van der Waals surface area contributed by atoms with E-state index in [1.807, 2.05) is 26.0 Å². The van der Waals surface area contributed by atoms with Crippen LogP contribution in [0, 0.1) is 13.8 Å². The number of pyridine rings is 1. The molecule has 0 fully saturated rings. The number of carbonyl (C=O) groups excluding carboxylic acids is 1. The lowest BCUT2D eigenvalue weighted by Crippen LogP contribution is -2.22. The number of rotatable bonds is 5. The van der Waals surface area contributed by atoms with Crippen LogP contribution in [0.2, 0.25) is 0 Å². The van der Waals surface area contributed by atoms with Gasteiger partial charge in [-0.25, -0.2) is 0 Å². The lowest BCUT2D eigenvalue weighted by Gasteiger charge is -2.22. The van der Waals surface area contributed by atoms with Crippen LogP contribution in [0.15, 0.2) is 36.5 Å². The van der Waals surface area contributed by atoms with Gasteiger partial charge in [-0.15, -0.1) is 0 Å². The molecule has 1 aromatic heterocycles. The molecule has 1 amide bonds. The van der Waals surface area contributed by atoms with Gasteiger partial charge < -0.3 is 10.2 Å². The zero-order valence-electron chi connectivity index (χ0n) is 13.7. The van der Waals surface area contributed by atoms with Crippen molar-refractivity contribution in [3.63, 3.8) is 0 Å². The Labute approximate surface area is 132 Å². The van der Waals surface area contributed by atoms with Gasteiger partial charge in [-0.1, -0.05) is 0 Å². The number of benzene rings is 1. The third-order valence-corrected chi connectivity index (χ3v) is 3.75. The first kappa shape index (κ1) is 16.0. The summed E-state index contributed by atoms with van der Waals surface area (Å²) in [5.74, 6) is -0.107. The lowest BCUT2D eigenvalue weighted by molar-refractivity contribution is 0.102. The summed E-state index contributed by atoms with van der Waals surface area (Å²) >= 11 is 0.